The van der Waals surface area contributed by atoms with Crippen molar-refractivity contribution in [3.8, 4) is 0 Å². The summed E-state index contributed by atoms with van der Waals surface area (Å²) < 4.78 is 16.6. The quantitative estimate of drug-likeness (QED) is 0.0716. The van der Waals surface area contributed by atoms with Gasteiger partial charge in [0.2, 0.25) is 5.91 Å². The monoisotopic (exact) mass is 644 g/mol. The number of aliphatic carboxylic acids is 2. The number of amides is 1. The second-order valence-corrected chi connectivity index (χ2v) is 11.4. The second kappa shape index (κ2) is 31.6. The molecule has 0 saturated carbocycles. The molecule has 0 aliphatic carbocycles. The molecule has 0 aromatic carbocycles. The molecule has 0 aliphatic rings. The van der Waals surface area contributed by atoms with Crippen LogP contribution in [0.25, 0.3) is 0 Å². The molecular formula is C33H60N2O10. The van der Waals surface area contributed by atoms with Gasteiger partial charge in [0.25, 0.3) is 0 Å². The van der Waals surface area contributed by atoms with E-state index in [1.165, 1.54) is 0 Å². The predicted octanol–water partition coefficient (Wildman–Crippen LogP) is 4.46. The van der Waals surface area contributed by atoms with Crippen LogP contribution in [-0.2, 0) is 38.2 Å². The van der Waals surface area contributed by atoms with Gasteiger partial charge in [-0.25, -0.2) is 0 Å². The van der Waals surface area contributed by atoms with E-state index in [2.05, 4.69) is 10.6 Å². The molecule has 0 aliphatic heterocycles. The second-order valence-electron chi connectivity index (χ2n) is 11.4. The summed E-state index contributed by atoms with van der Waals surface area (Å²) >= 11 is 0. The highest BCUT2D eigenvalue weighted by Crippen LogP contribution is 2.10. The summed E-state index contributed by atoms with van der Waals surface area (Å²) in [6.45, 7) is 3.59. The molecule has 0 fully saturated rings. The van der Waals surface area contributed by atoms with Gasteiger partial charge in [-0.1, -0.05) is 25.7 Å². The summed E-state index contributed by atoms with van der Waals surface area (Å²) in [6.07, 6.45) is 13.1. The standard InChI is InChI=1S/C33H60N2O10/c1-34-30(33(41)42)17-8-11-21-35-31(38)20-19-29(37)16-10-13-23-44-25-27-45-26-24-43-22-12-9-15-28(36)14-6-4-2-3-5-7-18-32(39)40/h30,34H,2-27H2,1H3,(H,35,38)(H,39,40)(H,41,42)/t30-/m0/s1. The Morgan fingerprint density at radius 1 is 0.533 bits per heavy atom. The summed E-state index contributed by atoms with van der Waals surface area (Å²) in [6, 6.07) is -0.571. The summed E-state index contributed by atoms with van der Waals surface area (Å²) in [7, 11) is 1.61. The van der Waals surface area contributed by atoms with Gasteiger partial charge >= 0.3 is 11.9 Å². The Morgan fingerprint density at radius 2 is 1.00 bits per heavy atom. The van der Waals surface area contributed by atoms with Gasteiger partial charge in [0.15, 0.2) is 0 Å². The number of carboxylic acids is 2. The van der Waals surface area contributed by atoms with Crippen LogP contribution in [0.1, 0.15) is 122 Å². The van der Waals surface area contributed by atoms with Gasteiger partial charge in [-0.2, -0.15) is 0 Å². The fourth-order valence-electron chi connectivity index (χ4n) is 4.58. The van der Waals surface area contributed by atoms with Crippen molar-refractivity contribution in [1.29, 1.82) is 0 Å². The molecule has 0 aromatic heterocycles. The minimum absolute atomic E-state index is 0.0631. The number of Topliss-reactive ketones (excluding diaryl/α,β-unsaturated/α-hetero) is 2. The number of hydrogen-bond donors (Lipinski definition) is 4. The third-order valence-electron chi connectivity index (χ3n) is 7.35. The Bertz CT molecular complexity index is 793. The SMILES string of the molecule is CN[C@@H](CCCCNC(=O)CCC(=O)CCCCOCCOCCOCCCCC(=O)CCCCCCCCC(=O)O)C(=O)O. The minimum atomic E-state index is -0.878. The number of unbranched alkanes of at least 4 members (excludes halogenated alkanes) is 8. The summed E-state index contributed by atoms with van der Waals surface area (Å²) in [5.74, 6) is -1.40. The lowest BCUT2D eigenvalue weighted by Gasteiger charge is -2.10. The van der Waals surface area contributed by atoms with Crippen molar-refractivity contribution in [2.75, 3.05) is 53.2 Å². The van der Waals surface area contributed by atoms with E-state index in [-0.39, 0.29) is 31.0 Å². The molecule has 1 atom stereocenters. The minimum Gasteiger partial charge on any atom is -0.481 e. The van der Waals surface area contributed by atoms with Crippen LogP contribution in [0.5, 0.6) is 0 Å². The average molecular weight is 645 g/mol. The maximum absolute atomic E-state index is 12.0. The van der Waals surface area contributed by atoms with Crippen molar-refractivity contribution >= 4 is 29.4 Å². The molecule has 0 saturated heterocycles. The van der Waals surface area contributed by atoms with Crippen LogP contribution in [0.15, 0.2) is 0 Å². The van der Waals surface area contributed by atoms with Gasteiger partial charge in [0, 0.05) is 58.3 Å². The number of ketones is 2. The van der Waals surface area contributed by atoms with Crippen LogP contribution in [0, 0.1) is 0 Å². The molecule has 12 nitrogen and oxygen atoms in total. The molecule has 45 heavy (non-hydrogen) atoms. The molecule has 0 heterocycles. The third kappa shape index (κ3) is 31.4. The lowest BCUT2D eigenvalue weighted by atomic mass is 10.0. The van der Waals surface area contributed by atoms with Crippen LogP contribution in [0.2, 0.25) is 0 Å². The molecule has 0 rings (SSSR count). The Labute approximate surface area is 269 Å². The smallest absolute Gasteiger partial charge is 0.320 e. The van der Waals surface area contributed by atoms with Crippen molar-refractivity contribution in [2.45, 2.75) is 128 Å². The summed E-state index contributed by atoms with van der Waals surface area (Å²) in [5.41, 5.74) is 0. The van der Waals surface area contributed by atoms with Crippen molar-refractivity contribution in [3.63, 3.8) is 0 Å². The normalized spacial score (nSPS) is 11.8. The number of likely N-dealkylation sites (N-methyl/N-ethyl adjacent to an activating group) is 1. The Balaban J connectivity index is 3.36. The molecule has 0 radical (unpaired) electrons. The van der Waals surface area contributed by atoms with Gasteiger partial charge < -0.3 is 35.1 Å². The number of hydrogen-bond acceptors (Lipinski definition) is 9. The van der Waals surface area contributed by atoms with E-state index in [1.807, 2.05) is 0 Å². The van der Waals surface area contributed by atoms with Crippen molar-refractivity contribution in [1.82, 2.24) is 10.6 Å². The lowest BCUT2D eigenvalue weighted by Crippen LogP contribution is -2.33. The molecule has 0 bridgehead atoms. The maximum Gasteiger partial charge on any atom is 0.320 e. The maximum atomic E-state index is 12.0. The third-order valence-corrected chi connectivity index (χ3v) is 7.35. The van der Waals surface area contributed by atoms with Crippen LogP contribution < -0.4 is 10.6 Å². The lowest BCUT2D eigenvalue weighted by molar-refractivity contribution is -0.139. The zero-order valence-electron chi connectivity index (χ0n) is 27.6. The van der Waals surface area contributed by atoms with E-state index in [4.69, 9.17) is 24.4 Å². The van der Waals surface area contributed by atoms with Gasteiger partial charge in [0.1, 0.15) is 17.6 Å². The van der Waals surface area contributed by atoms with E-state index >= 15 is 0 Å². The number of carbonyl (C=O) groups is 5. The summed E-state index contributed by atoms with van der Waals surface area (Å²) in [5, 5.41) is 23.1. The molecule has 262 valence electrons. The first-order valence-electron chi connectivity index (χ1n) is 16.9. The summed E-state index contributed by atoms with van der Waals surface area (Å²) in [4.78, 5) is 57.2. The first-order valence-corrected chi connectivity index (χ1v) is 16.9. The number of rotatable bonds is 35. The van der Waals surface area contributed by atoms with Gasteiger partial charge in [-0.15, -0.1) is 0 Å². The predicted molar refractivity (Wildman–Crippen MR) is 171 cm³/mol. The van der Waals surface area contributed by atoms with E-state index in [9.17, 15) is 24.0 Å². The van der Waals surface area contributed by atoms with E-state index < -0.39 is 18.0 Å². The molecule has 0 spiro atoms. The van der Waals surface area contributed by atoms with Crippen molar-refractivity contribution < 1.29 is 48.4 Å². The largest absolute Gasteiger partial charge is 0.481 e. The Morgan fingerprint density at radius 3 is 1.51 bits per heavy atom. The first-order chi connectivity index (χ1) is 21.8. The van der Waals surface area contributed by atoms with Crippen LogP contribution in [0.4, 0.5) is 0 Å². The van der Waals surface area contributed by atoms with Gasteiger partial charge in [-0.3, -0.25) is 24.0 Å². The number of nitrogens with one attached hydrogen (secondary N) is 2. The Kier molecular flexibility index (Phi) is 29.9. The highest BCUT2D eigenvalue weighted by Gasteiger charge is 2.13. The molecule has 12 heteroatoms. The molecule has 4 N–H and O–H groups in total. The Hall–Kier alpha value is -2.41. The molecule has 1 amide bonds. The topological polar surface area (TPSA) is 178 Å². The van der Waals surface area contributed by atoms with Crippen LogP contribution in [0.3, 0.4) is 0 Å². The fraction of sp³-hybridized carbons (Fsp3) is 0.848. The molecular weight excluding hydrogens is 584 g/mol. The van der Waals surface area contributed by atoms with Crippen LogP contribution >= 0.6 is 0 Å². The van der Waals surface area contributed by atoms with Crippen molar-refractivity contribution in [3.05, 3.63) is 0 Å². The van der Waals surface area contributed by atoms with E-state index in [0.717, 1.165) is 57.8 Å². The number of carbonyl (C=O) groups excluding carboxylic acids is 3. The van der Waals surface area contributed by atoms with E-state index in [1.54, 1.807) is 7.05 Å². The first kappa shape index (κ1) is 42.6. The molecule has 0 unspecified atom stereocenters. The highest BCUT2D eigenvalue weighted by atomic mass is 16.5. The zero-order chi connectivity index (χ0) is 33.4. The highest BCUT2D eigenvalue weighted by molar-refractivity contribution is 5.84. The zero-order valence-corrected chi connectivity index (χ0v) is 27.6. The van der Waals surface area contributed by atoms with Crippen molar-refractivity contribution in [2.24, 2.45) is 0 Å². The van der Waals surface area contributed by atoms with E-state index in [0.29, 0.717) is 96.9 Å². The number of carboxylic acid groups (broad SMARTS) is 2. The average Bonchev–Trinajstić information content (AvgIpc) is 3.00. The fourth-order valence-corrected chi connectivity index (χ4v) is 4.58. The van der Waals surface area contributed by atoms with Gasteiger partial charge in [-0.05, 0) is 64.8 Å². The van der Waals surface area contributed by atoms with Crippen LogP contribution in [-0.4, -0.2) is 98.9 Å². The number of ether oxygens (including phenoxy) is 3. The van der Waals surface area contributed by atoms with Gasteiger partial charge in [0.05, 0.1) is 26.4 Å². The molecule has 0 aromatic rings.